The average molecular weight is 278 g/mol. The number of hydrogen-bond acceptors (Lipinski definition) is 2. The van der Waals surface area contributed by atoms with Crippen molar-refractivity contribution in [2.75, 3.05) is 0 Å². The zero-order valence-electron chi connectivity index (χ0n) is 13.1. The van der Waals surface area contributed by atoms with Gasteiger partial charge in [-0.25, -0.2) is 0 Å². The molecule has 2 nitrogen and oxygen atoms in total. The van der Waals surface area contributed by atoms with Crippen molar-refractivity contribution in [3.05, 3.63) is 0 Å². The van der Waals surface area contributed by atoms with E-state index in [-0.39, 0.29) is 5.41 Å². The normalized spacial score (nSPS) is 57.0. The van der Waals surface area contributed by atoms with Gasteiger partial charge in [0.05, 0.1) is 0 Å². The van der Waals surface area contributed by atoms with Crippen molar-refractivity contribution >= 4 is 0 Å². The molecular formula is C18H30O2. The van der Waals surface area contributed by atoms with Gasteiger partial charge in [-0.2, -0.15) is 0 Å². The van der Waals surface area contributed by atoms with E-state index in [9.17, 15) is 10.2 Å². The predicted octanol–water partition coefficient (Wildman–Crippen LogP) is 3.71. The fourth-order valence-electron chi connectivity index (χ4n) is 6.90. The Morgan fingerprint density at radius 3 is 2.20 bits per heavy atom. The minimum atomic E-state index is -1.42. The molecule has 0 spiro atoms. The zero-order valence-corrected chi connectivity index (χ0v) is 13.1. The molecule has 0 bridgehead atoms. The molecule has 0 aromatic rings. The average Bonchev–Trinajstić information content (AvgIpc) is 2.36. The third-order valence-electron chi connectivity index (χ3n) is 8.39. The monoisotopic (exact) mass is 278 g/mol. The minimum Gasteiger partial charge on any atom is -0.365 e. The van der Waals surface area contributed by atoms with Crippen LogP contribution in [0.15, 0.2) is 0 Å². The first-order chi connectivity index (χ1) is 9.38. The molecule has 4 aliphatic rings. The van der Waals surface area contributed by atoms with Crippen LogP contribution >= 0.6 is 0 Å². The molecule has 4 aliphatic carbocycles. The second-order valence-electron chi connectivity index (χ2n) is 8.87. The highest BCUT2D eigenvalue weighted by molar-refractivity contribution is 5.11. The van der Waals surface area contributed by atoms with Gasteiger partial charge < -0.3 is 10.2 Å². The van der Waals surface area contributed by atoms with Gasteiger partial charge in [0.15, 0.2) is 5.79 Å². The van der Waals surface area contributed by atoms with Crippen LogP contribution in [0.3, 0.4) is 0 Å². The van der Waals surface area contributed by atoms with Crippen LogP contribution in [0, 0.1) is 34.5 Å². The Labute approximate surface area is 123 Å². The second-order valence-corrected chi connectivity index (χ2v) is 8.87. The van der Waals surface area contributed by atoms with E-state index in [1.54, 1.807) is 0 Å². The molecule has 20 heavy (non-hydrogen) atoms. The van der Waals surface area contributed by atoms with Gasteiger partial charge in [0.1, 0.15) is 0 Å². The Bertz CT molecular complexity index is 418. The summed E-state index contributed by atoms with van der Waals surface area (Å²) in [7, 11) is 0. The summed E-state index contributed by atoms with van der Waals surface area (Å²) in [6.07, 6.45) is 10.7. The minimum absolute atomic E-state index is 0.245. The molecule has 0 aromatic carbocycles. The van der Waals surface area contributed by atoms with Crippen LogP contribution in [0.4, 0.5) is 0 Å². The lowest BCUT2D eigenvalue weighted by atomic mass is 9.39. The third-order valence-corrected chi connectivity index (χ3v) is 8.39. The SMILES string of the molecule is CC12CCC1C1CCC3CCCC(O)(O)C3(C)C1CC2. The third kappa shape index (κ3) is 1.48. The first-order valence-corrected chi connectivity index (χ1v) is 8.83. The summed E-state index contributed by atoms with van der Waals surface area (Å²) in [4.78, 5) is 0. The van der Waals surface area contributed by atoms with Gasteiger partial charge in [0, 0.05) is 11.8 Å². The molecule has 0 aliphatic heterocycles. The Kier molecular flexibility index (Phi) is 2.72. The summed E-state index contributed by atoms with van der Waals surface area (Å²) >= 11 is 0. The van der Waals surface area contributed by atoms with Crippen LogP contribution < -0.4 is 0 Å². The molecule has 6 atom stereocenters. The van der Waals surface area contributed by atoms with Gasteiger partial charge in [0.25, 0.3) is 0 Å². The molecule has 4 saturated carbocycles. The first-order valence-electron chi connectivity index (χ1n) is 8.83. The molecule has 2 heteroatoms. The Balaban J connectivity index is 1.70. The van der Waals surface area contributed by atoms with Crippen LogP contribution in [0.2, 0.25) is 0 Å². The lowest BCUT2D eigenvalue weighted by molar-refractivity contribution is -0.317. The number of aliphatic hydroxyl groups is 2. The molecule has 4 fully saturated rings. The van der Waals surface area contributed by atoms with Crippen LogP contribution in [0.25, 0.3) is 0 Å². The van der Waals surface area contributed by atoms with Crippen molar-refractivity contribution in [3.63, 3.8) is 0 Å². The number of rotatable bonds is 0. The molecular weight excluding hydrogens is 248 g/mol. The maximum absolute atomic E-state index is 10.8. The van der Waals surface area contributed by atoms with Crippen molar-refractivity contribution in [2.24, 2.45) is 34.5 Å². The summed E-state index contributed by atoms with van der Waals surface area (Å²) in [5.74, 6) is 1.31. The van der Waals surface area contributed by atoms with Gasteiger partial charge in [-0.15, -0.1) is 0 Å². The number of fused-ring (bicyclic) bond motifs is 5. The molecule has 0 amide bonds. The highest BCUT2D eigenvalue weighted by Crippen LogP contribution is 2.69. The van der Waals surface area contributed by atoms with E-state index in [0.29, 0.717) is 23.7 Å². The smallest absolute Gasteiger partial charge is 0.168 e. The maximum Gasteiger partial charge on any atom is 0.168 e. The van der Waals surface area contributed by atoms with Crippen molar-refractivity contribution in [3.8, 4) is 0 Å². The van der Waals surface area contributed by atoms with Crippen LogP contribution in [-0.4, -0.2) is 16.0 Å². The quantitative estimate of drug-likeness (QED) is 0.663. The van der Waals surface area contributed by atoms with Crippen LogP contribution in [-0.2, 0) is 0 Å². The maximum atomic E-state index is 10.8. The summed E-state index contributed by atoms with van der Waals surface area (Å²) < 4.78 is 0. The van der Waals surface area contributed by atoms with Gasteiger partial charge in [-0.05, 0) is 80.5 Å². The molecule has 0 heterocycles. The highest BCUT2D eigenvalue weighted by atomic mass is 16.5. The van der Waals surface area contributed by atoms with Crippen molar-refractivity contribution in [2.45, 2.75) is 77.4 Å². The fourth-order valence-corrected chi connectivity index (χ4v) is 6.90. The van der Waals surface area contributed by atoms with Crippen molar-refractivity contribution < 1.29 is 10.2 Å². The van der Waals surface area contributed by atoms with Crippen molar-refractivity contribution in [1.82, 2.24) is 0 Å². The molecule has 6 unspecified atom stereocenters. The van der Waals surface area contributed by atoms with E-state index in [0.717, 1.165) is 18.3 Å². The Morgan fingerprint density at radius 2 is 1.50 bits per heavy atom. The summed E-state index contributed by atoms with van der Waals surface area (Å²) in [5.41, 5.74) is 0.345. The van der Waals surface area contributed by atoms with E-state index >= 15 is 0 Å². The van der Waals surface area contributed by atoms with Gasteiger partial charge in [-0.1, -0.05) is 13.8 Å². The Hall–Kier alpha value is -0.0800. The summed E-state index contributed by atoms with van der Waals surface area (Å²) in [6.45, 7) is 4.70. The molecule has 0 saturated heterocycles. The van der Waals surface area contributed by atoms with Crippen molar-refractivity contribution in [1.29, 1.82) is 0 Å². The molecule has 0 aromatic heterocycles. The zero-order chi connectivity index (χ0) is 14.2. The standard InChI is InChI=1S/C18H30O2/c1-16-10-7-14(16)13-6-5-12-4-3-9-18(19,20)17(12,2)15(13)8-11-16/h12-15,19-20H,3-11H2,1-2H3. The lowest BCUT2D eigenvalue weighted by Gasteiger charge is -2.66. The largest absolute Gasteiger partial charge is 0.365 e. The highest BCUT2D eigenvalue weighted by Gasteiger charge is 2.64. The predicted molar refractivity (Wildman–Crippen MR) is 78.9 cm³/mol. The second kappa shape index (κ2) is 4.01. The first kappa shape index (κ1) is 13.6. The molecule has 114 valence electrons. The van der Waals surface area contributed by atoms with Crippen LogP contribution in [0.5, 0.6) is 0 Å². The Morgan fingerprint density at radius 1 is 0.800 bits per heavy atom. The van der Waals surface area contributed by atoms with E-state index in [4.69, 9.17) is 0 Å². The fraction of sp³-hybridized carbons (Fsp3) is 1.00. The van der Waals surface area contributed by atoms with Crippen LogP contribution in [0.1, 0.15) is 71.6 Å². The van der Waals surface area contributed by atoms with E-state index in [2.05, 4.69) is 13.8 Å². The summed E-state index contributed by atoms with van der Waals surface area (Å²) in [6, 6.07) is 0. The van der Waals surface area contributed by atoms with Gasteiger partial charge in [0.2, 0.25) is 0 Å². The van der Waals surface area contributed by atoms with E-state index < -0.39 is 5.79 Å². The molecule has 4 rings (SSSR count). The molecule has 2 N–H and O–H groups in total. The van der Waals surface area contributed by atoms with E-state index in [1.807, 2.05) is 0 Å². The molecule has 0 radical (unpaired) electrons. The van der Waals surface area contributed by atoms with Gasteiger partial charge >= 0.3 is 0 Å². The lowest BCUT2D eigenvalue weighted by Crippen LogP contribution is -2.64. The topological polar surface area (TPSA) is 40.5 Å². The number of hydrogen-bond donors (Lipinski definition) is 2. The van der Waals surface area contributed by atoms with E-state index in [1.165, 1.54) is 44.9 Å². The summed E-state index contributed by atoms with van der Waals surface area (Å²) in [5, 5.41) is 21.5. The van der Waals surface area contributed by atoms with Gasteiger partial charge in [-0.3, -0.25) is 0 Å².